The van der Waals surface area contributed by atoms with Crippen molar-refractivity contribution in [3.05, 3.63) is 107 Å². The van der Waals surface area contributed by atoms with Crippen molar-refractivity contribution in [2.45, 2.75) is 48.8 Å². The average Bonchev–Trinajstić information content (AvgIpc) is 4.03. The van der Waals surface area contributed by atoms with Crippen LogP contribution < -0.4 is 47.4 Å². The summed E-state index contributed by atoms with van der Waals surface area (Å²) in [7, 11) is 9.94. The Morgan fingerprint density at radius 2 is 0.736 bits per heavy atom. The van der Waals surface area contributed by atoms with Gasteiger partial charge in [-0.1, -0.05) is 18.2 Å². The summed E-state index contributed by atoms with van der Waals surface area (Å²) in [5, 5.41) is 85.0. The SMILES string of the molecule is COc1cc([C@H](O)[C@@H](CO)Oc2ccc([C@H](O)[C@@H](CO)Oc3c(OC)cc([C@@H]4OC[C@@H]5[C@H]4CO[C@H]5c4cc(OC)c(O[C@H](CO)[C@@H](O)c5ccc(O)c(OC)c5)c(OC)c4)cc3OC)cc2OC)ccc1O. The molecule has 390 valence electrons. The lowest BCUT2D eigenvalue weighted by atomic mass is 9.84. The van der Waals surface area contributed by atoms with Crippen molar-refractivity contribution in [3.63, 3.8) is 0 Å². The van der Waals surface area contributed by atoms with E-state index in [0.29, 0.717) is 35.5 Å². The summed E-state index contributed by atoms with van der Waals surface area (Å²) in [4.78, 5) is 0. The molecule has 20 heteroatoms. The third kappa shape index (κ3) is 10.9. The molecule has 0 unspecified atom stereocenters. The van der Waals surface area contributed by atoms with E-state index in [4.69, 9.17) is 56.8 Å². The van der Waals surface area contributed by atoms with E-state index in [1.165, 1.54) is 104 Å². The van der Waals surface area contributed by atoms with Crippen LogP contribution in [0.3, 0.4) is 0 Å². The second-order valence-corrected chi connectivity index (χ2v) is 17.0. The van der Waals surface area contributed by atoms with Crippen LogP contribution in [0.1, 0.15) is 58.3 Å². The first-order chi connectivity index (χ1) is 34.8. The predicted octanol–water partition coefficient (Wildman–Crippen LogP) is 4.65. The zero-order valence-electron chi connectivity index (χ0n) is 40.8. The molecule has 2 aliphatic heterocycles. The highest BCUT2D eigenvalue weighted by Crippen LogP contribution is 2.54. The minimum absolute atomic E-state index is 0.106. The molecule has 0 amide bonds. The molecule has 2 heterocycles. The summed E-state index contributed by atoms with van der Waals surface area (Å²) in [6.07, 6.45) is -8.63. The van der Waals surface area contributed by atoms with Crippen LogP contribution in [0.25, 0.3) is 0 Å². The monoisotopic (exact) mass is 1010 g/mol. The first-order valence-electron chi connectivity index (χ1n) is 22.8. The molecular weight excluding hydrogens is 945 g/mol. The van der Waals surface area contributed by atoms with Gasteiger partial charge in [-0.05, 0) is 88.5 Å². The zero-order valence-corrected chi connectivity index (χ0v) is 40.8. The van der Waals surface area contributed by atoms with E-state index in [0.717, 1.165) is 0 Å². The number of methoxy groups -OCH3 is 7. The highest BCUT2D eigenvalue weighted by atomic mass is 16.6. The Morgan fingerprint density at radius 1 is 0.417 bits per heavy atom. The van der Waals surface area contributed by atoms with Crippen molar-refractivity contribution < 1.29 is 97.7 Å². The Bertz CT molecular complexity index is 2560. The van der Waals surface area contributed by atoms with E-state index in [-0.39, 0.29) is 86.4 Å². The van der Waals surface area contributed by atoms with E-state index in [2.05, 4.69) is 0 Å². The summed E-state index contributed by atoms with van der Waals surface area (Å²) in [6.45, 7) is -1.17. The highest BCUT2D eigenvalue weighted by molar-refractivity contribution is 5.57. The quantitative estimate of drug-likeness (QED) is 0.0418. The Kier molecular flexibility index (Phi) is 17.5. The van der Waals surface area contributed by atoms with Crippen LogP contribution in [0.5, 0.6) is 69.0 Å². The van der Waals surface area contributed by atoms with Crippen molar-refractivity contribution in [1.82, 2.24) is 0 Å². The summed E-state index contributed by atoms with van der Waals surface area (Å²) < 4.78 is 70.3. The Morgan fingerprint density at radius 3 is 1.07 bits per heavy atom. The predicted molar refractivity (Wildman–Crippen MR) is 255 cm³/mol. The maximum Gasteiger partial charge on any atom is 0.204 e. The third-order valence-corrected chi connectivity index (χ3v) is 12.9. The molecule has 0 bridgehead atoms. The highest BCUT2D eigenvalue weighted by Gasteiger charge is 2.49. The van der Waals surface area contributed by atoms with Crippen LogP contribution in [0.15, 0.2) is 78.9 Å². The number of ether oxygens (including phenoxy) is 12. The van der Waals surface area contributed by atoms with E-state index in [1.54, 1.807) is 24.3 Å². The van der Waals surface area contributed by atoms with Crippen LogP contribution in [0.4, 0.5) is 0 Å². The van der Waals surface area contributed by atoms with Crippen molar-refractivity contribution in [3.8, 4) is 69.0 Å². The molecule has 72 heavy (non-hydrogen) atoms. The molecule has 0 aromatic heterocycles. The Labute approximate surface area is 415 Å². The van der Waals surface area contributed by atoms with Gasteiger partial charge in [0.25, 0.3) is 0 Å². The molecule has 0 spiro atoms. The second-order valence-electron chi connectivity index (χ2n) is 17.0. The van der Waals surface area contributed by atoms with Crippen LogP contribution >= 0.6 is 0 Å². The van der Waals surface area contributed by atoms with Gasteiger partial charge in [0.05, 0.1) is 95.0 Å². The number of phenolic OH excluding ortho intramolecular Hbond substituents is 2. The maximum atomic E-state index is 11.6. The molecule has 20 nitrogen and oxygen atoms in total. The fourth-order valence-corrected chi connectivity index (χ4v) is 9.03. The number of phenols is 2. The number of rotatable bonds is 24. The van der Waals surface area contributed by atoms with Gasteiger partial charge < -0.3 is 97.7 Å². The van der Waals surface area contributed by atoms with Crippen molar-refractivity contribution in [1.29, 1.82) is 0 Å². The molecule has 2 fully saturated rings. The van der Waals surface area contributed by atoms with Gasteiger partial charge in [-0.2, -0.15) is 0 Å². The summed E-state index contributed by atoms with van der Waals surface area (Å²) in [5.41, 5.74) is 2.33. The first-order valence-corrected chi connectivity index (χ1v) is 22.8. The fraction of sp³-hybridized carbons (Fsp3) is 0.423. The lowest BCUT2D eigenvalue weighted by Crippen LogP contribution is -2.30. The van der Waals surface area contributed by atoms with Crippen molar-refractivity contribution in [2.75, 3.05) is 82.8 Å². The lowest BCUT2D eigenvalue weighted by Gasteiger charge is -2.27. The molecule has 7 rings (SSSR count). The standard InChI is InChI=1S/C52H62O20/c1-61-36-14-26(8-11-33(36)56)46(58)43(21-53)70-35-13-10-28(16-38(35)63-3)48(60)45(23-55)72-52-41(66-6)19-30(20-42(52)67-7)50-32-25-68-49(31(32)24-69-50)29-17-39(64-4)51(40(18-29)65-5)71-44(22-54)47(59)27-9-12-34(57)37(15-27)62-2/h8-20,31-32,43-50,53-60H,21-25H2,1-7H3/t31-,32-,43-,44-,45-,46+,47+,48+,49+,50+/m1/s1. The van der Waals surface area contributed by atoms with E-state index >= 15 is 0 Å². The molecule has 5 aromatic carbocycles. The van der Waals surface area contributed by atoms with Crippen molar-refractivity contribution >= 4 is 0 Å². The van der Waals surface area contributed by atoms with Gasteiger partial charge in [-0.3, -0.25) is 0 Å². The van der Waals surface area contributed by atoms with Crippen LogP contribution in [-0.2, 0) is 9.47 Å². The number of hydrogen-bond donors (Lipinski definition) is 8. The van der Waals surface area contributed by atoms with Crippen molar-refractivity contribution in [2.24, 2.45) is 11.8 Å². The topological polar surface area (TPSA) is 273 Å². The molecule has 2 saturated heterocycles. The number of fused-ring (bicyclic) bond motifs is 1. The first kappa shape index (κ1) is 53.2. The largest absolute Gasteiger partial charge is 0.504 e. The molecular formula is C52H62O20. The van der Waals surface area contributed by atoms with Gasteiger partial charge in [-0.15, -0.1) is 0 Å². The lowest BCUT2D eigenvalue weighted by molar-refractivity contribution is -0.00349. The summed E-state index contributed by atoms with van der Waals surface area (Å²) >= 11 is 0. The number of aliphatic hydroxyl groups is 6. The molecule has 2 aliphatic rings. The van der Waals surface area contributed by atoms with Crippen LogP contribution in [0, 0.1) is 11.8 Å². The summed E-state index contributed by atoms with van der Waals surface area (Å²) in [6, 6.07) is 20.0. The number of hydrogen-bond acceptors (Lipinski definition) is 20. The number of aliphatic hydroxyl groups excluding tert-OH is 6. The normalized spacial score (nSPS) is 19.7. The molecule has 8 N–H and O–H groups in total. The minimum atomic E-state index is -1.43. The second kappa shape index (κ2) is 23.7. The van der Waals surface area contributed by atoms with E-state index < -0.39 is 68.7 Å². The molecule has 0 aliphatic carbocycles. The van der Waals surface area contributed by atoms with Gasteiger partial charge >= 0.3 is 0 Å². The van der Waals surface area contributed by atoms with Gasteiger partial charge in [-0.25, -0.2) is 0 Å². The van der Waals surface area contributed by atoms with Gasteiger partial charge in [0, 0.05) is 11.8 Å². The minimum Gasteiger partial charge on any atom is -0.504 e. The summed E-state index contributed by atoms with van der Waals surface area (Å²) in [5.74, 6) is 1.28. The smallest absolute Gasteiger partial charge is 0.204 e. The van der Waals surface area contributed by atoms with Crippen LogP contribution in [-0.4, -0.2) is 142 Å². The average molecular weight is 1010 g/mol. The van der Waals surface area contributed by atoms with Crippen LogP contribution in [0.2, 0.25) is 0 Å². The maximum absolute atomic E-state index is 11.6. The van der Waals surface area contributed by atoms with E-state index in [1.807, 2.05) is 0 Å². The number of benzene rings is 5. The zero-order chi connectivity index (χ0) is 51.8. The van der Waals surface area contributed by atoms with Gasteiger partial charge in [0.15, 0.2) is 75.8 Å². The van der Waals surface area contributed by atoms with Gasteiger partial charge in [0.2, 0.25) is 11.5 Å². The third-order valence-electron chi connectivity index (χ3n) is 12.9. The van der Waals surface area contributed by atoms with Gasteiger partial charge in [0.1, 0.15) is 18.3 Å². The molecule has 0 saturated carbocycles. The molecule has 10 atom stereocenters. The molecule has 0 radical (unpaired) electrons. The molecule has 5 aromatic rings. The van der Waals surface area contributed by atoms with E-state index in [9.17, 15) is 40.9 Å². The number of aromatic hydroxyl groups is 2. The fourth-order valence-electron chi connectivity index (χ4n) is 9.03. The Hall–Kier alpha value is -6.62. The Balaban J connectivity index is 1.06.